The van der Waals surface area contributed by atoms with Crippen LogP contribution in [0.2, 0.25) is 0 Å². The number of rotatable bonds is 5. The maximum Gasteiger partial charge on any atom is 0.227 e. The molecule has 0 aliphatic carbocycles. The third kappa shape index (κ3) is 4.83. The van der Waals surface area contributed by atoms with Crippen LogP contribution in [0.25, 0.3) is 10.6 Å². The third-order valence-electron chi connectivity index (χ3n) is 5.09. The molecule has 154 valence electrons. The van der Waals surface area contributed by atoms with E-state index in [0.29, 0.717) is 5.69 Å². The fourth-order valence-electron chi connectivity index (χ4n) is 3.50. The summed E-state index contributed by atoms with van der Waals surface area (Å²) >= 11 is 1.65. The van der Waals surface area contributed by atoms with Gasteiger partial charge in [0.1, 0.15) is 5.69 Å². The van der Waals surface area contributed by atoms with Crippen LogP contribution in [0.4, 0.5) is 17.2 Å². The summed E-state index contributed by atoms with van der Waals surface area (Å²) in [7, 11) is 0. The summed E-state index contributed by atoms with van der Waals surface area (Å²) < 4.78 is 0. The molecule has 0 radical (unpaired) electrons. The molecule has 3 aromatic rings. The van der Waals surface area contributed by atoms with Crippen LogP contribution in [0.1, 0.15) is 19.8 Å². The number of aromatic nitrogens is 2. The Balaban J connectivity index is 1.29. The number of nitrogens with one attached hydrogen (secondary N) is 2. The van der Waals surface area contributed by atoms with Gasteiger partial charge in [-0.25, -0.2) is 0 Å². The van der Waals surface area contributed by atoms with Gasteiger partial charge in [0.25, 0.3) is 0 Å². The van der Waals surface area contributed by atoms with Crippen LogP contribution in [0.5, 0.6) is 0 Å². The molecule has 3 heterocycles. The van der Waals surface area contributed by atoms with E-state index < -0.39 is 0 Å². The molecule has 30 heavy (non-hydrogen) atoms. The van der Waals surface area contributed by atoms with Crippen LogP contribution in [0.15, 0.2) is 53.9 Å². The van der Waals surface area contributed by atoms with Crippen molar-refractivity contribution in [2.24, 2.45) is 5.92 Å². The zero-order valence-electron chi connectivity index (χ0n) is 16.7. The second-order valence-electron chi connectivity index (χ2n) is 7.26. The number of thiophene rings is 1. The van der Waals surface area contributed by atoms with Crippen molar-refractivity contribution in [1.82, 2.24) is 10.2 Å². The van der Waals surface area contributed by atoms with Crippen LogP contribution >= 0.6 is 11.3 Å². The van der Waals surface area contributed by atoms with Crippen molar-refractivity contribution in [2.45, 2.75) is 19.8 Å². The van der Waals surface area contributed by atoms with E-state index in [4.69, 9.17) is 0 Å². The standard InChI is InChI=1S/C22H23N5O2S/c1-15(28)23-17-4-6-18(7-5-17)24-22(29)16-10-12-27(13-11-16)21-9-8-19(25-26-21)20-3-2-14-30-20/h2-9,14,16H,10-13H2,1H3,(H,23,28)(H,24,29). The lowest BCUT2D eigenvalue weighted by Gasteiger charge is -2.31. The maximum absolute atomic E-state index is 12.6. The number of anilines is 3. The Morgan fingerprint density at radius 2 is 1.67 bits per heavy atom. The van der Waals surface area contributed by atoms with E-state index in [2.05, 4.69) is 25.7 Å². The molecule has 4 rings (SSSR count). The first-order valence-corrected chi connectivity index (χ1v) is 10.8. The number of nitrogens with zero attached hydrogens (tertiary/aromatic N) is 3. The molecule has 1 aromatic carbocycles. The zero-order valence-corrected chi connectivity index (χ0v) is 17.5. The molecule has 0 unspecified atom stereocenters. The Labute approximate surface area is 179 Å². The third-order valence-corrected chi connectivity index (χ3v) is 5.98. The Kier molecular flexibility index (Phi) is 6.04. The highest BCUT2D eigenvalue weighted by Gasteiger charge is 2.26. The summed E-state index contributed by atoms with van der Waals surface area (Å²) in [5, 5.41) is 16.4. The summed E-state index contributed by atoms with van der Waals surface area (Å²) in [5.74, 6) is 0.725. The molecule has 2 amide bonds. The predicted octanol–water partition coefficient (Wildman–Crippen LogP) is 4.02. The van der Waals surface area contributed by atoms with Gasteiger partial charge in [-0.05, 0) is 60.7 Å². The van der Waals surface area contributed by atoms with Crippen LogP contribution in [-0.2, 0) is 9.59 Å². The van der Waals surface area contributed by atoms with Crippen molar-refractivity contribution in [2.75, 3.05) is 28.6 Å². The van der Waals surface area contributed by atoms with Crippen molar-refractivity contribution in [1.29, 1.82) is 0 Å². The van der Waals surface area contributed by atoms with Gasteiger partial charge < -0.3 is 15.5 Å². The molecule has 1 aliphatic heterocycles. The molecule has 7 nitrogen and oxygen atoms in total. The summed E-state index contributed by atoms with van der Waals surface area (Å²) in [6.07, 6.45) is 1.54. The molecular weight excluding hydrogens is 398 g/mol. The smallest absolute Gasteiger partial charge is 0.227 e. The van der Waals surface area contributed by atoms with Crippen molar-refractivity contribution >= 4 is 40.3 Å². The lowest BCUT2D eigenvalue weighted by molar-refractivity contribution is -0.120. The van der Waals surface area contributed by atoms with Gasteiger partial charge in [-0.2, -0.15) is 0 Å². The highest BCUT2D eigenvalue weighted by Crippen LogP contribution is 2.26. The Morgan fingerprint density at radius 1 is 0.967 bits per heavy atom. The van der Waals surface area contributed by atoms with Gasteiger partial charge in [0.2, 0.25) is 11.8 Å². The fourth-order valence-corrected chi connectivity index (χ4v) is 4.20. The van der Waals surface area contributed by atoms with Gasteiger partial charge >= 0.3 is 0 Å². The zero-order chi connectivity index (χ0) is 20.9. The van der Waals surface area contributed by atoms with Gasteiger partial charge in [0, 0.05) is 37.3 Å². The number of benzene rings is 1. The number of carbonyl (C=O) groups excluding carboxylic acids is 2. The monoisotopic (exact) mass is 421 g/mol. The summed E-state index contributed by atoms with van der Waals surface area (Å²) in [4.78, 5) is 27.0. The molecule has 0 saturated carbocycles. The largest absolute Gasteiger partial charge is 0.355 e. The molecule has 0 spiro atoms. The van der Waals surface area contributed by atoms with E-state index in [1.807, 2.05) is 29.6 Å². The van der Waals surface area contributed by atoms with E-state index in [9.17, 15) is 9.59 Å². The first-order valence-electron chi connectivity index (χ1n) is 9.89. The number of hydrogen-bond acceptors (Lipinski definition) is 6. The maximum atomic E-state index is 12.6. The van der Waals surface area contributed by atoms with Gasteiger partial charge in [0.05, 0.1) is 4.88 Å². The van der Waals surface area contributed by atoms with E-state index in [-0.39, 0.29) is 17.7 Å². The molecule has 1 fully saturated rings. The minimum absolute atomic E-state index is 0.0288. The molecule has 0 atom stereocenters. The molecule has 0 bridgehead atoms. The lowest BCUT2D eigenvalue weighted by Crippen LogP contribution is -2.38. The van der Waals surface area contributed by atoms with Crippen LogP contribution in [-0.4, -0.2) is 35.1 Å². The van der Waals surface area contributed by atoms with E-state index in [1.54, 1.807) is 35.6 Å². The quantitative estimate of drug-likeness (QED) is 0.650. The van der Waals surface area contributed by atoms with Crippen molar-refractivity contribution in [3.05, 3.63) is 53.9 Å². The minimum Gasteiger partial charge on any atom is -0.355 e. The number of piperidine rings is 1. The Morgan fingerprint density at radius 3 is 2.23 bits per heavy atom. The minimum atomic E-state index is -0.121. The van der Waals surface area contributed by atoms with Crippen molar-refractivity contribution in [3.63, 3.8) is 0 Å². The summed E-state index contributed by atoms with van der Waals surface area (Å²) in [6, 6.07) is 15.2. The highest BCUT2D eigenvalue weighted by molar-refractivity contribution is 7.13. The summed E-state index contributed by atoms with van der Waals surface area (Å²) in [5.41, 5.74) is 2.32. The van der Waals surface area contributed by atoms with Crippen LogP contribution in [0.3, 0.4) is 0 Å². The van der Waals surface area contributed by atoms with Crippen LogP contribution in [0, 0.1) is 5.92 Å². The van der Waals surface area contributed by atoms with Gasteiger partial charge in [0.15, 0.2) is 5.82 Å². The Bertz CT molecular complexity index is 995. The average molecular weight is 422 g/mol. The number of hydrogen-bond donors (Lipinski definition) is 2. The molecule has 2 N–H and O–H groups in total. The topological polar surface area (TPSA) is 87.2 Å². The molecular formula is C22H23N5O2S. The first kappa shape index (κ1) is 20.0. The predicted molar refractivity (Wildman–Crippen MR) is 120 cm³/mol. The number of amides is 2. The van der Waals surface area contributed by atoms with Crippen molar-refractivity contribution in [3.8, 4) is 10.6 Å². The second-order valence-corrected chi connectivity index (χ2v) is 8.21. The van der Waals surface area contributed by atoms with Gasteiger partial charge in [-0.15, -0.1) is 21.5 Å². The molecule has 8 heteroatoms. The van der Waals surface area contributed by atoms with Crippen LogP contribution < -0.4 is 15.5 Å². The summed E-state index contributed by atoms with van der Waals surface area (Å²) in [6.45, 7) is 3.00. The number of carbonyl (C=O) groups is 2. The molecule has 2 aromatic heterocycles. The van der Waals surface area contributed by atoms with E-state index in [0.717, 1.165) is 48.0 Å². The Hall–Kier alpha value is -3.26. The lowest BCUT2D eigenvalue weighted by atomic mass is 9.96. The van der Waals surface area contributed by atoms with Gasteiger partial charge in [-0.3, -0.25) is 9.59 Å². The highest BCUT2D eigenvalue weighted by atomic mass is 32.1. The van der Waals surface area contributed by atoms with Crippen molar-refractivity contribution < 1.29 is 9.59 Å². The first-order chi connectivity index (χ1) is 14.6. The fraction of sp³-hybridized carbons (Fsp3) is 0.273. The molecule has 1 saturated heterocycles. The second kappa shape index (κ2) is 9.04. The van der Waals surface area contributed by atoms with E-state index >= 15 is 0 Å². The molecule has 1 aliphatic rings. The van der Waals surface area contributed by atoms with Gasteiger partial charge in [-0.1, -0.05) is 6.07 Å². The average Bonchev–Trinajstić information content (AvgIpc) is 3.30. The normalized spacial score (nSPS) is 14.4. The van der Waals surface area contributed by atoms with E-state index in [1.165, 1.54) is 6.92 Å². The SMILES string of the molecule is CC(=O)Nc1ccc(NC(=O)C2CCN(c3ccc(-c4cccs4)nn3)CC2)cc1.